The van der Waals surface area contributed by atoms with Crippen LogP contribution in [0, 0.1) is 6.92 Å². The average molecular weight is 392 g/mol. The van der Waals surface area contributed by atoms with Gasteiger partial charge in [-0.25, -0.2) is 0 Å². The number of rotatable bonds is 5. The predicted molar refractivity (Wildman–Crippen MR) is 111 cm³/mol. The number of hydrogen-bond donors (Lipinski definition) is 1. The lowest BCUT2D eigenvalue weighted by molar-refractivity contribution is -0.112. The van der Waals surface area contributed by atoms with E-state index in [0.717, 1.165) is 26.9 Å². The van der Waals surface area contributed by atoms with Crippen LogP contribution in [-0.4, -0.2) is 29.8 Å². The molecule has 0 atom stereocenters. The van der Waals surface area contributed by atoms with Crippen molar-refractivity contribution >= 4 is 27.8 Å². The van der Waals surface area contributed by atoms with Gasteiger partial charge in [0.15, 0.2) is 0 Å². The van der Waals surface area contributed by atoms with Gasteiger partial charge in [0.2, 0.25) is 0 Å². The SMILES string of the molecule is Cc1csc(N2CC(N(C)O)=C(c3ccc(Oc4ccccc4)cc3)C2=O)c1. The van der Waals surface area contributed by atoms with Crippen molar-refractivity contribution in [2.24, 2.45) is 0 Å². The summed E-state index contributed by atoms with van der Waals surface area (Å²) in [4.78, 5) is 14.8. The zero-order chi connectivity index (χ0) is 19.7. The Morgan fingerprint density at radius 3 is 2.36 bits per heavy atom. The largest absolute Gasteiger partial charge is 0.457 e. The molecule has 0 bridgehead atoms. The molecule has 0 spiro atoms. The van der Waals surface area contributed by atoms with Crippen LogP contribution in [0.2, 0.25) is 0 Å². The first kappa shape index (κ1) is 18.3. The molecule has 1 amide bonds. The third kappa shape index (κ3) is 3.52. The van der Waals surface area contributed by atoms with Crippen LogP contribution < -0.4 is 9.64 Å². The summed E-state index contributed by atoms with van der Waals surface area (Å²) in [5, 5.41) is 14.0. The van der Waals surface area contributed by atoms with E-state index in [0.29, 0.717) is 23.6 Å². The molecular formula is C22H20N2O3S. The smallest absolute Gasteiger partial charge is 0.261 e. The lowest BCUT2D eigenvalue weighted by atomic mass is 10.0. The summed E-state index contributed by atoms with van der Waals surface area (Å²) in [5.41, 5.74) is 2.94. The van der Waals surface area contributed by atoms with Gasteiger partial charge in [0, 0.05) is 7.05 Å². The van der Waals surface area contributed by atoms with Crippen LogP contribution >= 0.6 is 11.3 Å². The van der Waals surface area contributed by atoms with Gasteiger partial charge >= 0.3 is 0 Å². The van der Waals surface area contributed by atoms with Gasteiger partial charge in [0.1, 0.15) is 11.5 Å². The van der Waals surface area contributed by atoms with Crippen LogP contribution in [-0.2, 0) is 4.79 Å². The molecule has 1 aliphatic rings. The molecule has 0 radical (unpaired) electrons. The Kier molecular flexibility index (Phi) is 4.90. The highest BCUT2D eigenvalue weighted by Crippen LogP contribution is 2.36. The second-order valence-corrected chi connectivity index (χ2v) is 7.53. The molecule has 0 unspecified atom stereocenters. The van der Waals surface area contributed by atoms with E-state index in [2.05, 4.69) is 0 Å². The molecule has 1 N–H and O–H groups in total. The third-order valence-corrected chi connectivity index (χ3v) is 5.62. The molecule has 4 rings (SSSR count). The number of carbonyl (C=O) groups excluding carboxylic acids is 1. The maximum atomic E-state index is 13.1. The van der Waals surface area contributed by atoms with Gasteiger partial charge in [0.05, 0.1) is 22.8 Å². The van der Waals surface area contributed by atoms with Crippen molar-refractivity contribution in [1.82, 2.24) is 5.06 Å². The molecule has 2 aromatic carbocycles. The number of likely N-dealkylation sites (N-methyl/N-ethyl adjacent to an activating group) is 1. The summed E-state index contributed by atoms with van der Waals surface area (Å²) in [7, 11) is 1.54. The molecule has 2 heterocycles. The van der Waals surface area contributed by atoms with Crippen LogP contribution in [0.15, 0.2) is 71.7 Å². The Bertz CT molecular complexity index is 1020. The van der Waals surface area contributed by atoms with Gasteiger partial charge in [-0.1, -0.05) is 30.3 Å². The predicted octanol–water partition coefficient (Wildman–Crippen LogP) is 4.93. The molecule has 142 valence electrons. The minimum absolute atomic E-state index is 0.116. The minimum Gasteiger partial charge on any atom is -0.457 e. The Labute approximate surface area is 167 Å². The number of hydrogen-bond acceptors (Lipinski definition) is 5. The normalized spacial score (nSPS) is 14.0. The first-order valence-electron chi connectivity index (χ1n) is 8.89. The van der Waals surface area contributed by atoms with Crippen molar-refractivity contribution in [3.05, 3.63) is 82.9 Å². The fraction of sp³-hybridized carbons (Fsp3) is 0.136. The van der Waals surface area contributed by atoms with Crippen LogP contribution in [0.3, 0.4) is 0 Å². The number of amides is 1. The van der Waals surface area contributed by atoms with Gasteiger partial charge in [-0.15, -0.1) is 11.3 Å². The number of aryl methyl sites for hydroxylation is 1. The third-order valence-electron chi connectivity index (χ3n) is 4.55. The van der Waals surface area contributed by atoms with Crippen LogP contribution in [0.25, 0.3) is 5.57 Å². The number of nitrogens with zero attached hydrogens (tertiary/aromatic N) is 2. The fourth-order valence-corrected chi connectivity index (χ4v) is 4.07. The van der Waals surface area contributed by atoms with Crippen LogP contribution in [0.5, 0.6) is 11.5 Å². The van der Waals surface area contributed by atoms with Crippen molar-refractivity contribution < 1.29 is 14.7 Å². The number of para-hydroxylation sites is 1. The Morgan fingerprint density at radius 1 is 1.07 bits per heavy atom. The quantitative estimate of drug-likeness (QED) is 0.626. The number of carbonyl (C=O) groups is 1. The van der Waals surface area contributed by atoms with Crippen molar-refractivity contribution in [1.29, 1.82) is 0 Å². The zero-order valence-corrected chi connectivity index (χ0v) is 16.4. The standard InChI is InChI=1S/C22H20N2O3S/c1-15-12-20(28-14-15)24-13-19(23(2)26)21(22(24)25)16-8-10-18(11-9-16)27-17-6-4-3-5-7-17/h3-12,14,26H,13H2,1-2H3. The van der Waals surface area contributed by atoms with E-state index in [1.54, 1.807) is 11.9 Å². The van der Waals surface area contributed by atoms with Gasteiger partial charge in [-0.2, -0.15) is 0 Å². The Hall–Kier alpha value is -3.09. The number of hydroxylamine groups is 2. The van der Waals surface area contributed by atoms with Crippen LogP contribution in [0.1, 0.15) is 11.1 Å². The van der Waals surface area contributed by atoms with Gasteiger partial charge < -0.3 is 4.74 Å². The summed E-state index contributed by atoms with van der Waals surface area (Å²) in [6.45, 7) is 2.34. The van der Waals surface area contributed by atoms with E-state index in [-0.39, 0.29) is 5.91 Å². The maximum absolute atomic E-state index is 13.1. The van der Waals surface area contributed by atoms with Gasteiger partial charge in [-0.05, 0) is 53.8 Å². The minimum atomic E-state index is -0.116. The molecule has 6 heteroatoms. The molecule has 0 fully saturated rings. The highest BCUT2D eigenvalue weighted by Gasteiger charge is 2.34. The second-order valence-electron chi connectivity index (χ2n) is 6.64. The number of benzene rings is 2. The first-order chi connectivity index (χ1) is 13.5. The number of thiophene rings is 1. The molecule has 1 aromatic heterocycles. The van der Waals surface area contributed by atoms with Crippen molar-refractivity contribution in [2.45, 2.75) is 6.92 Å². The summed E-state index contributed by atoms with van der Waals surface area (Å²) in [6, 6.07) is 18.9. The lowest BCUT2D eigenvalue weighted by Gasteiger charge is -2.16. The topological polar surface area (TPSA) is 53.0 Å². The molecular weight excluding hydrogens is 372 g/mol. The first-order valence-corrected chi connectivity index (χ1v) is 9.77. The molecule has 5 nitrogen and oxygen atoms in total. The van der Waals surface area contributed by atoms with Crippen LogP contribution in [0.4, 0.5) is 5.00 Å². The van der Waals surface area contributed by atoms with Crippen molar-refractivity contribution in [2.75, 3.05) is 18.5 Å². The highest BCUT2D eigenvalue weighted by atomic mass is 32.1. The van der Waals surface area contributed by atoms with E-state index in [9.17, 15) is 10.0 Å². The van der Waals surface area contributed by atoms with E-state index < -0.39 is 0 Å². The van der Waals surface area contributed by atoms with E-state index in [4.69, 9.17) is 4.74 Å². The lowest BCUT2D eigenvalue weighted by Crippen LogP contribution is -2.27. The molecule has 0 aliphatic carbocycles. The summed E-state index contributed by atoms with van der Waals surface area (Å²) < 4.78 is 5.82. The van der Waals surface area contributed by atoms with Crippen molar-refractivity contribution in [3.8, 4) is 11.5 Å². The van der Waals surface area contributed by atoms with Gasteiger partial charge in [0.25, 0.3) is 5.91 Å². The fourth-order valence-electron chi connectivity index (χ4n) is 3.16. The van der Waals surface area contributed by atoms with E-state index in [1.807, 2.05) is 73.0 Å². The van der Waals surface area contributed by atoms with E-state index in [1.165, 1.54) is 11.3 Å². The van der Waals surface area contributed by atoms with Gasteiger partial charge in [-0.3, -0.25) is 20.0 Å². The maximum Gasteiger partial charge on any atom is 0.261 e. The summed E-state index contributed by atoms with van der Waals surface area (Å²) in [5.74, 6) is 1.32. The molecule has 3 aromatic rings. The zero-order valence-electron chi connectivity index (χ0n) is 15.6. The number of anilines is 1. The Morgan fingerprint density at radius 2 is 1.75 bits per heavy atom. The monoisotopic (exact) mass is 392 g/mol. The number of ether oxygens (including phenoxy) is 1. The molecule has 0 saturated carbocycles. The molecule has 0 saturated heterocycles. The highest BCUT2D eigenvalue weighted by molar-refractivity contribution is 7.14. The second kappa shape index (κ2) is 7.50. The summed E-state index contributed by atoms with van der Waals surface area (Å²) >= 11 is 1.52. The molecule has 1 aliphatic heterocycles. The average Bonchev–Trinajstić information content (AvgIpc) is 3.26. The summed E-state index contributed by atoms with van der Waals surface area (Å²) in [6.07, 6.45) is 0. The Balaban J connectivity index is 1.62. The van der Waals surface area contributed by atoms with E-state index >= 15 is 0 Å². The van der Waals surface area contributed by atoms with Crippen molar-refractivity contribution in [3.63, 3.8) is 0 Å². The molecule has 28 heavy (non-hydrogen) atoms.